The number of urea groups is 1. The Hall–Kier alpha value is -0.990. The van der Waals surface area contributed by atoms with Gasteiger partial charge in [-0.1, -0.05) is 19.4 Å². The lowest BCUT2D eigenvalue weighted by Crippen LogP contribution is -2.38. The molecule has 0 aromatic carbocycles. The van der Waals surface area contributed by atoms with E-state index in [1.165, 1.54) is 19.0 Å². The fourth-order valence-electron chi connectivity index (χ4n) is 1.39. The molecule has 3 nitrogen and oxygen atoms in total. The minimum atomic E-state index is -0.132. The molecule has 0 radical (unpaired) electrons. The van der Waals surface area contributed by atoms with E-state index in [0.29, 0.717) is 6.04 Å². The molecule has 0 heterocycles. The molecule has 0 aromatic heterocycles. The number of carbonyl (C=O) groups excluding carboxylic acids is 1. The Labute approximate surface area is 66.9 Å². The summed E-state index contributed by atoms with van der Waals surface area (Å²) in [7, 11) is 0. The molecule has 1 rings (SSSR count). The molecule has 1 aliphatic carbocycles. The van der Waals surface area contributed by atoms with Gasteiger partial charge in [-0.15, -0.1) is 0 Å². The zero-order valence-electron chi connectivity index (χ0n) is 6.60. The van der Waals surface area contributed by atoms with Crippen LogP contribution in [0.1, 0.15) is 25.7 Å². The lowest BCUT2D eigenvalue weighted by atomic mass is 10.3. The number of hydrogen-bond donors (Lipinski definition) is 2. The summed E-state index contributed by atoms with van der Waals surface area (Å²) in [5.74, 6) is 0. The summed E-state index contributed by atoms with van der Waals surface area (Å²) in [6.07, 6.45) is 6.09. The van der Waals surface area contributed by atoms with Gasteiger partial charge in [0, 0.05) is 6.04 Å². The van der Waals surface area contributed by atoms with Gasteiger partial charge in [-0.25, -0.2) is 4.79 Å². The molecule has 0 aromatic rings. The average Bonchev–Trinajstić information content (AvgIpc) is 2.40. The number of hydrogen-bond acceptors (Lipinski definition) is 1. The Bertz CT molecular complexity index is 150. The van der Waals surface area contributed by atoms with Crippen LogP contribution in [-0.2, 0) is 0 Å². The standard InChI is InChI=1S/C8H14N2O/c1-2-9-8(11)10-7-5-3-4-6-7/h2,7H,1,3-6H2,(H2,9,10,11). The van der Waals surface area contributed by atoms with Gasteiger partial charge in [0.25, 0.3) is 0 Å². The molecule has 1 fully saturated rings. The van der Waals surface area contributed by atoms with E-state index in [-0.39, 0.29) is 6.03 Å². The van der Waals surface area contributed by atoms with Crippen LogP contribution in [0.3, 0.4) is 0 Å². The van der Waals surface area contributed by atoms with E-state index >= 15 is 0 Å². The highest BCUT2D eigenvalue weighted by molar-refractivity contribution is 5.75. The zero-order chi connectivity index (χ0) is 8.10. The van der Waals surface area contributed by atoms with Gasteiger partial charge in [-0.05, 0) is 19.0 Å². The Morgan fingerprint density at radius 2 is 2.09 bits per heavy atom. The third-order valence-corrected chi connectivity index (χ3v) is 1.92. The lowest BCUT2D eigenvalue weighted by Gasteiger charge is -2.10. The van der Waals surface area contributed by atoms with Crippen molar-refractivity contribution in [1.82, 2.24) is 10.6 Å². The van der Waals surface area contributed by atoms with Crippen LogP contribution in [0.25, 0.3) is 0 Å². The van der Waals surface area contributed by atoms with Crippen LogP contribution < -0.4 is 10.6 Å². The van der Waals surface area contributed by atoms with E-state index < -0.39 is 0 Å². The maximum absolute atomic E-state index is 10.9. The van der Waals surface area contributed by atoms with Crippen LogP contribution in [0.2, 0.25) is 0 Å². The molecule has 3 heteroatoms. The smallest absolute Gasteiger partial charge is 0.318 e. The predicted molar refractivity (Wildman–Crippen MR) is 44.1 cm³/mol. The van der Waals surface area contributed by atoms with Gasteiger partial charge < -0.3 is 10.6 Å². The summed E-state index contributed by atoms with van der Waals surface area (Å²) in [5, 5.41) is 5.34. The van der Waals surface area contributed by atoms with Crippen LogP contribution in [0.15, 0.2) is 12.8 Å². The highest BCUT2D eigenvalue weighted by Gasteiger charge is 2.15. The molecule has 62 valence electrons. The zero-order valence-corrected chi connectivity index (χ0v) is 6.60. The molecule has 1 aliphatic rings. The van der Waals surface area contributed by atoms with Gasteiger partial charge in [-0.2, -0.15) is 0 Å². The first kappa shape index (κ1) is 8.11. The summed E-state index contributed by atoms with van der Waals surface area (Å²) in [6.45, 7) is 3.40. The molecule has 1 saturated carbocycles. The van der Waals surface area contributed by atoms with Crippen molar-refractivity contribution >= 4 is 6.03 Å². The van der Waals surface area contributed by atoms with E-state index in [1.807, 2.05) is 0 Å². The summed E-state index contributed by atoms with van der Waals surface area (Å²) >= 11 is 0. The highest BCUT2D eigenvalue weighted by atomic mass is 16.2. The summed E-state index contributed by atoms with van der Waals surface area (Å²) in [4.78, 5) is 10.9. The van der Waals surface area contributed by atoms with Crippen molar-refractivity contribution in [1.29, 1.82) is 0 Å². The van der Waals surface area contributed by atoms with Gasteiger partial charge in [0.2, 0.25) is 0 Å². The molecular weight excluding hydrogens is 140 g/mol. The van der Waals surface area contributed by atoms with Gasteiger partial charge in [0.05, 0.1) is 0 Å². The first-order valence-corrected chi connectivity index (χ1v) is 4.01. The second-order valence-corrected chi connectivity index (χ2v) is 2.80. The number of carbonyl (C=O) groups is 1. The molecule has 0 unspecified atom stereocenters. The van der Waals surface area contributed by atoms with E-state index in [2.05, 4.69) is 17.2 Å². The maximum atomic E-state index is 10.9. The fraction of sp³-hybridized carbons (Fsp3) is 0.625. The number of nitrogens with one attached hydrogen (secondary N) is 2. The van der Waals surface area contributed by atoms with Crippen molar-refractivity contribution < 1.29 is 4.79 Å². The largest absolute Gasteiger partial charge is 0.335 e. The quantitative estimate of drug-likeness (QED) is 0.619. The van der Waals surface area contributed by atoms with Crippen LogP contribution in [0.4, 0.5) is 4.79 Å². The normalized spacial score (nSPS) is 17.8. The fourth-order valence-corrected chi connectivity index (χ4v) is 1.39. The van der Waals surface area contributed by atoms with E-state index in [9.17, 15) is 4.79 Å². The third-order valence-electron chi connectivity index (χ3n) is 1.92. The van der Waals surface area contributed by atoms with Crippen LogP contribution in [0, 0.1) is 0 Å². The molecule has 0 aliphatic heterocycles. The summed E-state index contributed by atoms with van der Waals surface area (Å²) in [6, 6.07) is 0.252. The molecule has 0 saturated heterocycles. The van der Waals surface area contributed by atoms with Crippen LogP contribution in [-0.4, -0.2) is 12.1 Å². The van der Waals surface area contributed by atoms with Crippen molar-refractivity contribution in [3.63, 3.8) is 0 Å². The molecule has 2 amide bonds. The monoisotopic (exact) mass is 154 g/mol. The van der Waals surface area contributed by atoms with Crippen LogP contribution in [0.5, 0.6) is 0 Å². The molecule has 0 bridgehead atoms. The third kappa shape index (κ3) is 2.62. The van der Waals surface area contributed by atoms with E-state index in [1.54, 1.807) is 0 Å². The molecule has 0 atom stereocenters. The van der Waals surface area contributed by atoms with Crippen molar-refractivity contribution in [2.45, 2.75) is 31.7 Å². The van der Waals surface area contributed by atoms with E-state index in [4.69, 9.17) is 0 Å². The molecule has 0 spiro atoms. The van der Waals surface area contributed by atoms with Gasteiger partial charge in [0.15, 0.2) is 0 Å². The second-order valence-electron chi connectivity index (χ2n) is 2.80. The maximum Gasteiger partial charge on any atom is 0.318 e. The first-order valence-electron chi connectivity index (χ1n) is 4.01. The Morgan fingerprint density at radius 3 is 2.64 bits per heavy atom. The van der Waals surface area contributed by atoms with Crippen LogP contribution >= 0.6 is 0 Å². The Morgan fingerprint density at radius 1 is 1.45 bits per heavy atom. The van der Waals surface area contributed by atoms with Crippen molar-refractivity contribution in [2.75, 3.05) is 0 Å². The second kappa shape index (κ2) is 4.01. The van der Waals surface area contributed by atoms with Crippen molar-refractivity contribution in [2.24, 2.45) is 0 Å². The summed E-state index contributed by atoms with van der Waals surface area (Å²) < 4.78 is 0. The van der Waals surface area contributed by atoms with E-state index in [0.717, 1.165) is 12.8 Å². The van der Waals surface area contributed by atoms with Gasteiger partial charge in [0.1, 0.15) is 0 Å². The summed E-state index contributed by atoms with van der Waals surface area (Å²) in [5.41, 5.74) is 0. The topological polar surface area (TPSA) is 41.1 Å². The minimum absolute atomic E-state index is 0.132. The Balaban J connectivity index is 2.18. The SMILES string of the molecule is C=CNC(=O)NC1CCCC1. The minimum Gasteiger partial charge on any atom is -0.335 e. The van der Waals surface area contributed by atoms with Crippen molar-refractivity contribution in [3.8, 4) is 0 Å². The van der Waals surface area contributed by atoms with Crippen molar-refractivity contribution in [3.05, 3.63) is 12.8 Å². The Kier molecular flexibility index (Phi) is 2.95. The van der Waals surface area contributed by atoms with Gasteiger partial charge in [-0.3, -0.25) is 0 Å². The van der Waals surface area contributed by atoms with Gasteiger partial charge >= 0.3 is 6.03 Å². The first-order chi connectivity index (χ1) is 5.33. The molecule has 11 heavy (non-hydrogen) atoms. The predicted octanol–water partition coefficient (Wildman–Crippen LogP) is 1.37. The average molecular weight is 154 g/mol. The molecular formula is C8H14N2O. The molecule has 2 N–H and O–H groups in total. The number of amides is 2. The number of rotatable bonds is 2. The highest BCUT2D eigenvalue weighted by Crippen LogP contribution is 2.17. The lowest BCUT2D eigenvalue weighted by molar-refractivity contribution is 0.240.